The summed E-state index contributed by atoms with van der Waals surface area (Å²) in [6, 6.07) is 9.50. The number of benzene rings is 2. The van der Waals surface area contributed by atoms with Crippen molar-refractivity contribution >= 4 is 49.1 Å². The molecule has 1 amide bonds. The zero-order valence-corrected chi connectivity index (χ0v) is 17.7. The molecule has 0 spiro atoms. The Morgan fingerprint density at radius 2 is 1.97 bits per heavy atom. The number of sulfonamides is 1. The number of carbonyl (C=O) groups is 2. The number of nitrogens with two attached hydrogens (primary N) is 1. The molecule has 0 atom stereocenters. The molecular weight excluding hydrogens is 448 g/mol. The Bertz CT molecular complexity index is 1370. The molecule has 0 bridgehead atoms. The number of ether oxygens (including phenoxy) is 1. The minimum absolute atomic E-state index is 0.0356. The zero-order valence-electron chi connectivity index (χ0n) is 16.0. The van der Waals surface area contributed by atoms with Crippen LogP contribution in [0.2, 0.25) is 0 Å². The molecule has 2 N–H and O–H groups in total. The van der Waals surface area contributed by atoms with Gasteiger partial charge in [-0.2, -0.15) is 4.99 Å². The molecule has 0 aliphatic heterocycles. The number of thiazole rings is 1. The van der Waals surface area contributed by atoms with Crippen LogP contribution in [0.15, 0.2) is 52.4 Å². The Balaban J connectivity index is 2.18. The highest BCUT2D eigenvalue weighted by molar-refractivity contribution is 7.89. The molecule has 0 saturated heterocycles. The Morgan fingerprint density at radius 3 is 2.61 bits per heavy atom. The molecule has 3 rings (SSSR count). The van der Waals surface area contributed by atoms with Crippen LogP contribution < -0.4 is 9.94 Å². The number of amides is 1. The van der Waals surface area contributed by atoms with Gasteiger partial charge in [0.25, 0.3) is 11.6 Å². The fourth-order valence-electron chi connectivity index (χ4n) is 2.80. The molecule has 13 heteroatoms. The van der Waals surface area contributed by atoms with Gasteiger partial charge >= 0.3 is 5.97 Å². The summed E-state index contributed by atoms with van der Waals surface area (Å²) in [4.78, 5) is 38.9. The van der Waals surface area contributed by atoms with Crippen molar-refractivity contribution in [3.05, 3.63) is 62.9 Å². The highest BCUT2D eigenvalue weighted by atomic mass is 32.2. The van der Waals surface area contributed by atoms with E-state index < -0.39 is 32.5 Å². The maximum Gasteiger partial charge on any atom is 0.307 e. The van der Waals surface area contributed by atoms with Crippen molar-refractivity contribution in [3.8, 4) is 0 Å². The zero-order chi connectivity index (χ0) is 22.8. The summed E-state index contributed by atoms with van der Waals surface area (Å²) in [7, 11) is -2.72. The van der Waals surface area contributed by atoms with Crippen molar-refractivity contribution < 1.29 is 27.7 Å². The lowest BCUT2D eigenvalue weighted by Gasteiger charge is -2.05. The molecular formula is C18H16N4O7S2. The Labute approximate surface area is 179 Å². The van der Waals surface area contributed by atoms with Crippen molar-refractivity contribution in [1.82, 2.24) is 4.57 Å². The van der Waals surface area contributed by atoms with Gasteiger partial charge in [0, 0.05) is 12.6 Å². The number of hydrogen-bond acceptors (Lipinski definition) is 8. The summed E-state index contributed by atoms with van der Waals surface area (Å²) in [6.07, 6.45) is -0.0356. The van der Waals surface area contributed by atoms with Crippen LogP contribution in [0, 0.1) is 10.1 Å². The smallest absolute Gasteiger partial charge is 0.307 e. The van der Waals surface area contributed by atoms with Crippen molar-refractivity contribution in [1.29, 1.82) is 0 Å². The number of para-hydroxylation sites is 1. The third-order valence-corrected chi connectivity index (χ3v) is 6.23. The molecule has 0 fully saturated rings. The first-order valence-electron chi connectivity index (χ1n) is 8.67. The van der Waals surface area contributed by atoms with E-state index in [1.165, 1.54) is 54.1 Å². The van der Waals surface area contributed by atoms with E-state index in [2.05, 4.69) is 9.73 Å². The second-order valence-corrected chi connectivity index (χ2v) is 8.80. The van der Waals surface area contributed by atoms with Crippen LogP contribution in [-0.4, -0.2) is 36.9 Å². The minimum Gasteiger partial charge on any atom is -0.469 e. The Hall–Kier alpha value is -3.42. The number of rotatable bonds is 6. The van der Waals surface area contributed by atoms with Gasteiger partial charge in [-0.05, 0) is 24.3 Å². The third-order valence-electron chi connectivity index (χ3n) is 4.28. The maximum absolute atomic E-state index is 12.7. The highest BCUT2D eigenvalue weighted by Crippen LogP contribution is 2.23. The van der Waals surface area contributed by atoms with E-state index in [-0.39, 0.29) is 28.2 Å². The third kappa shape index (κ3) is 4.84. The number of esters is 1. The number of fused-ring (bicyclic) bond motifs is 1. The summed E-state index contributed by atoms with van der Waals surface area (Å²) in [5, 5.41) is 16.4. The number of aryl methyl sites for hydroxylation is 1. The number of nitrogens with zero attached hydrogens (tertiary/aromatic N) is 3. The fraction of sp³-hybridized carbons (Fsp3) is 0.167. The molecule has 162 valence electrons. The van der Waals surface area contributed by atoms with Gasteiger partial charge in [0.1, 0.15) is 5.56 Å². The minimum atomic E-state index is -3.96. The van der Waals surface area contributed by atoms with Gasteiger partial charge in [-0.25, -0.2) is 13.6 Å². The van der Waals surface area contributed by atoms with Crippen LogP contribution in [0.3, 0.4) is 0 Å². The average Bonchev–Trinajstić information content (AvgIpc) is 3.07. The largest absolute Gasteiger partial charge is 0.469 e. The number of carbonyl (C=O) groups excluding carboxylic acids is 2. The maximum atomic E-state index is 12.7. The topological polar surface area (TPSA) is 164 Å². The van der Waals surface area contributed by atoms with Crippen LogP contribution in [0.1, 0.15) is 16.8 Å². The number of nitro groups is 1. The summed E-state index contributed by atoms with van der Waals surface area (Å²) < 4.78 is 29.9. The quantitative estimate of drug-likeness (QED) is 0.328. The van der Waals surface area contributed by atoms with Crippen molar-refractivity contribution in [2.24, 2.45) is 10.1 Å². The number of aromatic nitrogens is 1. The second-order valence-electron chi connectivity index (χ2n) is 6.23. The van der Waals surface area contributed by atoms with Gasteiger partial charge in [0.15, 0.2) is 4.80 Å². The normalized spacial score (nSPS) is 12.1. The molecule has 0 saturated carbocycles. The first kappa shape index (κ1) is 22.3. The lowest BCUT2D eigenvalue weighted by atomic mass is 10.2. The first-order valence-corrected chi connectivity index (χ1v) is 11.0. The lowest BCUT2D eigenvalue weighted by molar-refractivity contribution is -0.385. The molecule has 2 aromatic carbocycles. The molecule has 31 heavy (non-hydrogen) atoms. The van der Waals surface area contributed by atoms with Gasteiger partial charge in [-0.1, -0.05) is 23.5 Å². The van der Waals surface area contributed by atoms with Gasteiger partial charge < -0.3 is 9.30 Å². The molecule has 1 aromatic heterocycles. The molecule has 3 aromatic rings. The van der Waals surface area contributed by atoms with E-state index in [0.717, 1.165) is 11.3 Å². The van der Waals surface area contributed by atoms with E-state index in [1.54, 1.807) is 0 Å². The van der Waals surface area contributed by atoms with Crippen molar-refractivity contribution in [2.75, 3.05) is 7.11 Å². The van der Waals surface area contributed by atoms with Gasteiger partial charge in [-0.15, -0.1) is 0 Å². The Morgan fingerprint density at radius 1 is 1.26 bits per heavy atom. The molecule has 0 aliphatic carbocycles. The molecule has 0 aliphatic rings. The first-order chi connectivity index (χ1) is 14.6. The van der Waals surface area contributed by atoms with Crippen LogP contribution in [0.4, 0.5) is 5.69 Å². The monoisotopic (exact) mass is 464 g/mol. The second kappa shape index (κ2) is 8.75. The van der Waals surface area contributed by atoms with Gasteiger partial charge in [-0.3, -0.25) is 19.7 Å². The number of nitro benzene ring substituents is 1. The van der Waals surface area contributed by atoms with Gasteiger partial charge in [0.2, 0.25) is 10.0 Å². The van der Waals surface area contributed by atoms with E-state index in [9.17, 15) is 28.1 Å². The molecule has 1 heterocycles. The van der Waals surface area contributed by atoms with Crippen LogP contribution in [0.25, 0.3) is 10.2 Å². The van der Waals surface area contributed by atoms with E-state index >= 15 is 0 Å². The summed E-state index contributed by atoms with van der Waals surface area (Å²) >= 11 is 0.984. The van der Waals surface area contributed by atoms with Crippen molar-refractivity contribution in [3.63, 3.8) is 0 Å². The van der Waals surface area contributed by atoms with Crippen LogP contribution >= 0.6 is 11.3 Å². The van der Waals surface area contributed by atoms with E-state index in [4.69, 9.17) is 5.14 Å². The van der Waals surface area contributed by atoms with Crippen molar-refractivity contribution in [2.45, 2.75) is 17.9 Å². The van der Waals surface area contributed by atoms with Crippen LogP contribution in [-0.2, 0) is 26.1 Å². The summed E-state index contributed by atoms with van der Waals surface area (Å²) in [5.74, 6) is -1.35. The predicted molar refractivity (Wildman–Crippen MR) is 111 cm³/mol. The number of primary sulfonamides is 1. The van der Waals surface area contributed by atoms with Gasteiger partial charge in [0.05, 0.1) is 33.6 Å². The lowest BCUT2D eigenvalue weighted by Crippen LogP contribution is -2.19. The number of methoxy groups -OCH3 is 1. The predicted octanol–water partition coefficient (Wildman–Crippen LogP) is 1.56. The molecule has 0 radical (unpaired) electrons. The SMILES string of the molecule is COC(=O)CCn1c(=NC(=O)c2ccccc2[N+](=O)[O-])sc2cc(S(N)(=O)=O)ccc21. The molecule has 0 unspecified atom stereocenters. The van der Waals surface area contributed by atoms with E-state index in [0.29, 0.717) is 10.2 Å². The van der Waals surface area contributed by atoms with Crippen LogP contribution in [0.5, 0.6) is 0 Å². The summed E-state index contributed by atoms with van der Waals surface area (Å²) in [6.45, 7) is 0.0877. The molecule has 11 nitrogen and oxygen atoms in total. The number of hydrogen-bond donors (Lipinski definition) is 1. The standard InChI is InChI=1S/C18H16N4O7S2/c1-29-16(23)8-9-21-14-7-6-11(31(19,27)28)10-15(14)30-18(21)20-17(24)12-4-2-3-5-13(12)22(25)26/h2-7,10H,8-9H2,1H3,(H2,19,27,28). The fourth-order valence-corrected chi connectivity index (χ4v) is 4.51. The average molecular weight is 464 g/mol. The Kier molecular flexibility index (Phi) is 6.29. The summed E-state index contributed by atoms with van der Waals surface area (Å²) in [5.41, 5.74) is -0.0832. The van der Waals surface area contributed by atoms with E-state index in [1.807, 2.05) is 0 Å². The highest BCUT2D eigenvalue weighted by Gasteiger charge is 2.20.